The van der Waals surface area contributed by atoms with Gasteiger partial charge in [-0.15, -0.1) is 0 Å². The third kappa shape index (κ3) is 3.63. The molecule has 1 aliphatic heterocycles. The number of ether oxygens (including phenoxy) is 1. The Kier molecular flexibility index (Phi) is 4.82. The average Bonchev–Trinajstić information content (AvgIpc) is 2.52. The molecule has 2 aromatic carbocycles. The van der Waals surface area contributed by atoms with Crippen molar-refractivity contribution in [3.05, 3.63) is 63.6 Å². The van der Waals surface area contributed by atoms with Crippen LogP contribution < -0.4 is 4.31 Å². The van der Waals surface area contributed by atoms with Gasteiger partial charge < -0.3 is 4.74 Å². The molecule has 7 heteroatoms. The minimum Gasteiger partial charge on any atom is -0.376 e. The van der Waals surface area contributed by atoms with Gasteiger partial charge in [0.1, 0.15) is 0 Å². The van der Waals surface area contributed by atoms with Gasteiger partial charge in [-0.3, -0.25) is 4.31 Å². The molecule has 0 atom stereocenters. The van der Waals surface area contributed by atoms with E-state index < -0.39 is 10.0 Å². The quantitative estimate of drug-likeness (QED) is 0.804. The van der Waals surface area contributed by atoms with E-state index in [0.717, 1.165) is 11.1 Å². The summed E-state index contributed by atoms with van der Waals surface area (Å²) in [6, 6.07) is 12.5. The van der Waals surface area contributed by atoms with E-state index in [2.05, 4.69) is 0 Å². The Hall–Kier alpha value is -1.27. The molecule has 0 aliphatic carbocycles. The second kappa shape index (κ2) is 6.69. The molecular formula is C16H15Cl2NO3S. The molecule has 3 rings (SSSR count). The smallest absolute Gasteiger partial charge is 0.237 e. The Labute approximate surface area is 145 Å². The number of para-hydroxylation sites is 1. The largest absolute Gasteiger partial charge is 0.376 e. The highest BCUT2D eigenvalue weighted by Gasteiger charge is 2.26. The first-order valence-electron chi connectivity index (χ1n) is 7.07. The normalized spacial score (nSPS) is 17.2. The van der Waals surface area contributed by atoms with Crippen molar-refractivity contribution in [1.29, 1.82) is 0 Å². The van der Waals surface area contributed by atoms with Crippen LogP contribution in [0.2, 0.25) is 10.0 Å². The molecule has 0 fully saturated rings. The highest BCUT2D eigenvalue weighted by molar-refractivity contribution is 7.92. The number of hydrogen-bond donors (Lipinski definition) is 0. The van der Waals surface area contributed by atoms with Gasteiger partial charge in [-0.25, -0.2) is 8.42 Å². The minimum atomic E-state index is -3.49. The molecule has 23 heavy (non-hydrogen) atoms. The summed E-state index contributed by atoms with van der Waals surface area (Å²) >= 11 is 12.0. The zero-order valence-electron chi connectivity index (χ0n) is 12.2. The van der Waals surface area contributed by atoms with Gasteiger partial charge in [-0.05, 0) is 23.8 Å². The zero-order valence-corrected chi connectivity index (χ0v) is 14.5. The average molecular weight is 372 g/mol. The van der Waals surface area contributed by atoms with E-state index in [1.807, 2.05) is 18.2 Å². The van der Waals surface area contributed by atoms with E-state index in [-0.39, 0.29) is 18.9 Å². The van der Waals surface area contributed by atoms with Gasteiger partial charge in [0.25, 0.3) is 0 Å². The lowest BCUT2D eigenvalue weighted by Crippen LogP contribution is -2.36. The first-order valence-corrected chi connectivity index (χ1v) is 9.44. The monoisotopic (exact) mass is 371 g/mol. The fourth-order valence-corrected chi connectivity index (χ4v) is 4.16. The van der Waals surface area contributed by atoms with Crippen LogP contribution >= 0.6 is 23.2 Å². The van der Waals surface area contributed by atoms with Crippen LogP contribution in [-0.2, 0) is 27.9 Å². The molecule has 0 saturated carbocycles. The Morgan fingerprint density at radius 1 is 1.09 bits per heavy atom. The summed E-state index contributed by atoms with van der Waals surface area (Å²) in [7, 11) is -3.49. The van der Waals surface area contributed by atoms with Crippen LogP contribution in [0.4, 0.5) is 5.69 Å². The number of sulfonamides is 1. The number of nitrogens with zero attached hydrogens (tertiary/aromatic N) is 1. The fraction of sp³-hybridized carbons (Fsp3) is 0.250. The van der Waals surface area contributed by atoms with Crippen molar-refractivity contribution in [3.63, 3.8) is 0 Å². The first-order chi connectivity index (χ1) is 11.0. The summed E-state index contributed by atoms with van der Waals surface area (Å²) in [5.74, 6) is -0.0529. The van der Waals surface area contributed by atoms with E-state index in [9.17, 15) is 8.42 Å². The molecule has 0 aromatic heterocycles. The van der Waals surface area contributed by atoms with Crippen LogP contribution in [0.25, 0.3) is 0 Å². The molecule has 0 spiro atoms. The van der Waals surface area contributed by atoms with E-state index in [1.165, 1.54) is 4.31 Å². The number of rotatable bonds is 2. The second-order valence-corrected chi connectivity index (χ2v) is 8.08. The number of benzene rings is 2. The van der Waals surface area contributed by atoms with Crippen molar-refractivity contribution < 1.29 is 13.2 Å². The van der Waals surface area contributed by atoms with Gasteiger partial charge in [-0.2, -0.15) is 0 Å². The summed E-state index contributed by atoms with van der Waals surface area (Å²) in [6.45, 7) is 0.772. The highest BCUT2D eigenvalue weighted by Crippen LogP contribution is 2.29. The number of fused-ring (bicyclic) bond motifs is 1. The van der Waals surface area contributed by atoms with Crippen LogP contribution in [0.3, 0.4) is 0 Å². The van der Waals surface area contributed by atoms with Gasteiger partial charge in [0, 0.05) is 5.56 Å². The molecule has 0 radical (unpaired) electrons. The summed E-state index contributed by atoms with van der Waals surface area (Å²) in [5.41, 5.74) is 2.26. The summed E-state index contributed by atoms with van der Waals surface area (Å²) in [6.07, 6.45) is 0. The molecule has 0 bridgehead atoms. The molecule has 0 N–H and O–H groups in total. The van der Waals surface area contributed by atoms with Crippen LogP contribution in [0, 0.1) is 0 Å². The lowest BCUT2D eigenvalue weighted by atomic mass is 10.1. The predicted octanol–water partition coefficient (Wildman–Crippen LogP) is 3.86. The van der Waals surface area contributed by atoms with E-state index >= 15 is 0 Å². The molecular weight excluding hydrogens is 357 g/mol. The van der Waals surface area contributed by atoms with Gasteiger partial charge in [0.05, 0.1) is 41.2 Å². The topological polar surface area (TPSA) is 46.6 Å². The van der Waals surface area contributed by atoms with E-state index in [1.54, 1.807) is 24.3 Å². The van der Waals surface area contributed by atoms with Crippen LogP contribution in [-0.4, -0.2) is 20.8 Å². The summed E-state index contributed by atoms with van der Waals surface area (Å²) < 4.78 is 32.2. The number of halogens is 2. The lowest BCUT2D eigenvalue weighted by molar-refractivity contribution is 0.135. The lowest BCUT2D eigenvalue weighted by Gasteiger charge is -2.28. The third-order valence-electron chi connectivity index (χ3n) is 3.65. The van der Waals surface area contributed by atoms with Crippen LogP contribution in [0.5, 0.6) is 0 Å². The predicted molar refractivity (Wildman–Crippen MR) is 92.5 cm³/mol. The van der Waals surface area contributed by atoms with Gasteiger partial charge in [-0.1, -0.05) is 47.5 Å². The van der Waals surface area contributed by atoms with E-state index in [0.29, 0.717) is 22.3 Å². The van der Waals surface area contributed by atoms with Crippen molar-refractivity contribution >= 4 is 38.9 Å². The maximum Gasteiger partial charge on any atom is 0.237 e. The van der Waals surface area contributed by atoms with Gasteiger partial charge >= 0.3 is 0 Å². The second-order valence-electron chi connectivity index (χ2n) is 5.25. The maximum atomic E-state index is 12.7. The minimum absolute atomic E-state index is 0.0529. The summed E-state index contributed by atoms with van der Waals surface area (Å²) in [4.78, 5) is 0. The van der Waals surface area contributed by atoms with Gasteiger partial charge in [0.2, 0.25) is 10.0 Å². The molecule has 2 aromatic rings. The maximum absolute atomic E-state index is 12.7. The molecule has 0 unspecified atom stereocenters. The molecule has 1 heterocycles. The molecule has 1 aliphatic rings. The Morgan fingerprint density at radius 2 is 1.87 bits per heavy atom. The first kappa shape index (κ1) is 16.6. The van der Waals surface area contributed by atoms with Crippen molar-refractivity contribution in [2.75, 3.05) is 16.7 Å². The zero-order chi connectivity index (χ0) is 16.4. The molecule has 0 amide bonds. The van der Waals surface area contributed by atoms with Crippen molar-refractivity contribution in [1.82, 2.24) is 0 Å². The molecule has 122 valence electrons. The highest BCUT2D eigenvalue weighted by atomic mass is 35.5. The van der Waals surface area contributed by atoms with Crippen LogP contribution in [0.1, 0.15) is 11.1 Å². The Morgan fingerprint density at radius 3 is 2.65 bits per heavy atom. The fourth-order valence-electron chi connectivity index (χ4n) is 2.47. The summed E-state index contributed by atoms with van der Waals surface area (Å²) in [5, 5.41) is 0.852. The Bertz CT molecular complexity index is 824. The third-order valence-corrected chi connectivity index (χ3v) is 6.07. The number of hydrogen-bond acceptors (Lipinski definition) is 3. The van der Waals surface area contributed by atoms with Gasteiger partial charge in [0.15, 0.2) is 0 Å². The van der Waals surface area contributed by atoms with Crippen LogP contribution in [0.15, 0.2) is 42.5 Å². The SMILES string of the molecule is O=S1(=O)CCOCc2ccccc2N1Cc1ccc(Cl)c(Cl)c1. The standard InChI is InChI=1S/C16H15Cl2NO3S/c17-14-6-5-12(9-15(14)18)10-19-16-4-2-1-3-13(16)11-22-7-8-23(19,20)21/h1-6,9H,7-8,10-11H2. The number of anilines is 1. The van der Waals surface area contributed by atoms with Crippen molar-refractivity contribution in [2.45, 2.75) is 13.2 Å². The van der Waals surface area contributed by atoms with E-state index in [4.69, 9.17) is 27.9 Å². The Balaban J connectivity index is 2.04. The molecule has 4 nitrogen and oxygen atoms in total. The van der Waals surface area contributed by atoms with Crippen molar-refractivity contribution in [2.24, 2.45) is 0 Å². The van der Waals surface area contributed by atoms with Crippen molar-refractivity contribution in [3.8, 4) is 0 Å². The molecule has 0 saturated heterocycles.